The number of alkyl halides is 3. The molecule has 0 saturated carbocycles. The minimum atomic E-state index is -4.82. The lowest BCUT2D eigenvalue weighted by Crippen LogP contribution is -2.51. The van der Waals surface area contributed by atoms with Crippen molar-refractivity contribution < 1.29 is 27.2 Å². The van der Waals surface area contributed by atoms with Crippen molar-refractivity contribution in [1.82, 2.24) is 15.1 Å². The molecule has 3 aromatic rings. The van der Waals surface area contributed by atoms with Crippen LogP contribution in [0, 0.1) is 27.3 Å². The number of nitrogens with zero attached hydrogens (tertiary/aromatic N) is 5. The van der Waals surface area contributed by atoms with E-state index in [0.29, 0.717) is 34.8 Å². The van der Waals surface area contributed by atoms with E-state index >= 15 is 0 Å². The Morgan fingerprint density at radius 2 is 2.05 bits per heavy atom. The molecule has 1 unspecified atom stereocenters. The van der Waals surface area contributed by atoms with Crippen LogP contribution in [0.3, 0.4) is 0 Å². The Morgan fingerprint density at radius 1 is 1.32 bits per heavy atom. The van der Waals surface area contributed by atoms with E-state index in [-0.39, 0.29) is 11.4 Å². The number of hydrogen-bond acceptors (Lipinski definition) is 8. The van der Waals surface area contributed by atoms with Crippen molar-refractivity contribution in [2.24, 2.45) is 4.99 Å². The van der Waals surface area contributed by atoms with E-state index in [9.17, 15) is 32.9 Å². The van der Waals surface area contributed by atoms with Crippen LogP contribution in [0.1, 0.15) is 25.1 Å². The summed E-state index contributed by atoms with van der Waals surface area (Å²) in [5.74, 6) is -3.44. The van der Waals surface area contributed by atoms with Crippen molar-refractivity contribution in [3.8, 4) is 11.8 Å². The molecule has 37 heavy (non-hydrogen) atoms. The summed E-state index contributed by atoms with van der Waals surface area (Å²) in [5.41, 5.74) is -0.974. The molecule has 2 aromatic carbocycles. The Labute approximate surface area is 207 Å². The second kappa shape index (κ2) is 9.08. The predicted molar refractivity (Wildman–Crippen MR) is 126 cm³/mol. The number of benzene rings is 2. The molecule has 0 amide bonds. The van der Waals surface area contributed by atoms with Crippen LogP contribution in [0.5, 0.6) is 5.75 Å². The molecule has 4 rings (SSSR count). The van der Waals surface area contributed by atoms with E-state index in [0.717, 1.165) is 16.8 Å². The third-order valence-electron chi connectivity index (χ3n) is 5.65. The Bertz CT molecular complexity index is 1520. The summed E-state index contributed by atoms with van der Waals surface area (Å²) in [7, 11) is 1.20. The van der Waals surface area contributed by atoms with E-state index in [2.05, 4.69) is 20.7 Å². The molecule has 2 N–H and O–H groups in total. The van der Waals surface area contributed by atoms with Crippen LogP contribution in [0.25, 0.3) is 16.7 Å². The Kier molecular flexibility index (Phi) is 6.24. The number of allylic oxidation sites excluding steroid dienone is 1. The second-order valence-electron chi connectivity index (χ2n) is 8.16. The maximum absolute atomic E-state index is 14.1. The summed E-state index contributed by atoms with van der Waals surface area (Å²) in [6.45, 7) is 3.16. The van der Waals surface area contributed by atoms with Gasteiger partial charge in [-0.3, -0.25) is 10.1 Å². The number of aliphatic imine (C=N–C) groups is 1. The topological polar surface area (TPSA) is 130 Å². The Morgan fingerprint density at radius 3 is 2.65 bits per heavy atom. The molecule has 1 aromatic heterocycles. The third-order valence-corrected chi connectivity index (χ3v) is 5.65. The summed E-state index contributed by atoms with van der Waals surface area (Å²) < 4.78 is 62.4. The summed E-state index contributed by atoms with van der Waals surface area (Å²) in [6, 6.07) is 8.15. The smallest absolute Gasteiger partial charge is 0.421 e. The average Bonchev–Trinajstić information content (AvgIpc) is 3.21. The third kappa shape index (κ3) is 4.63. The number of hydrogen-bond donors (Lipinski definition) is 2. The van der Waals surface area contributed by atoms with Gasteiger partial charge in [-0.05, 0) is 31.5 Å². The number of rotatable bonds is 6. The first-order chi connectivity index (χ1) is 17.4. The maximum atomic E-state index is 14.1. The number of anilines is 1. The Hall–Kier alpha value is -4.67. The molecular weight excluding hydrogens is 498 g/mol. The SMILES string of the molecule is CCc1nn(C2=C(C(F)(F)F)C=NC(C)(Nc3cc([N+](=O)[O-])c(F)cc3OC)N2)c2ccc(C#N)cc12. The van der Waals surface area contributed by atoms with Gasteiger partial charge in [0.25, 0.3) is 0 Å². The van der Waals surface area contributed by atoms with Gasteiger partial charge in [-0.25, -0.2) is 9.67 Å². The van der Waals surface area contributed by atoms with Gasteiger partial charge in [-0.1, -0.05) is 6.92 Å². The summed E-state index contributed by atoms with van der Waals surface area (Å²) in [4.78, 5) is 14.2. The highest BCUT2D eigenvalue weighted by atomic mass is 19.4. The van der Waals surface area contributed by atoms with Crippen molar-refractivity contribution >= 4 is 34.3 Å². The molecule has 0 bridgehead atoms. The number of ether oxygens (including phenoxy) is 1. The quantitative estimate of drug-likeness (QED) is 0.275. The van der Waals surface area contributed by atoms with Crippen LogP contribution in [-0.2, 0) is 6.42 Å². The molecule has 0 radical (unpaired) electrons. The van der Waals surface area contributed by atoms with Crippen LogP contribution >= 0.6 is 0 Å². The molecule has 0 saturated heterocycles. The van der Waals surface area contributed by atoms with Crippen molar-refractivity contribution in [3.63, 3.8) is 0 Å². The molecule has 10 nitrogen and oxygen atoms in total. The number of aromatic nitrogens is 2. The van der Waals surface area contributed by atoms with Gasteiger partial charge in [-0.2, -0.15) is 27.9 Å². The highest BCUT2D eigenvalue weighted by Crippen LogP contribution is 2.37. The average molecular weight is 517 g/mol. The number of nitrogens with one attached hydrogen (secondary N) is 2. The fourth-order valence-electron chi connectivity index (χ4n) is 3.92. The first kappa shape index (κ1) is 25.4. The lowest BCUT2D eigenvalue weighted by molar-refractivity contribution is -0.387. The van der Waals surface area contributed by atoms with Crippen molar-refractivity contribution in [3.05, 3.63) is 63.1 Å². The number of nitro benzene ring substituents is 1. The van der Waals surface area contributed by atoms with E-state index < -0.39 is 39.8 Å². The van der Waals surface area contributed by atoms with E-state index in [1.165, 1.54) is 26.2 Å². The molecule has 0 aliphatic carbocycles. The zero-order chi connectivity index (χ0) is 27.1. The number of aryl methyl sites for hydroxylation is 1. The lowest BCUT2D eigenvalue weighted by atomic mass is 10.1. The fourth-order valence-corrected chi connectivity index (χ4v) is 3.92. The van der Waals surface area contributed by atoms with Crippen LogP contribution < -0.4 is 15.4 Å². The monoisotopic (exact) mass is 517 g/mol. The number of nitriles is 1. The van der Waals surface area contributed by atoms with Gasteiger partial charge in [-0.15, -0.1) is 0 Å². The zero-order valence-corrected chi connectivity index (χ0v) is 19.6. The lowest BCUT2D eigenvalue weighted by Gasteiger charge is -2.35. The van der Waals surface area contributed by atoms with Crippen molar-refractivity contribution in [2.45, 2.75) is 32.2 Å². The molecule has 1 aliphatic rings. The molecular formula is C23H19F4N7O3. The standard InChI is InChI=1S/C23H19F4N7O3/c1-4-16-13-7-12(10-28)5-6-18(13)33(32-16)21-14(23(25,26)27)11-29-22(2,31-21)30-17-9-19(34(35)36)15(24)8-20(17)37-3/h5-9,11,30-31H,4H2,1-3H3. The molecule has 2 heterocycles. The molecule has 0 spiro atoms. The number of methoxy groups -OCH3 is 1. The molecule has 1 atom stereocenters. The summed E-state index contributed by atoms with van der Waals surface area (Å²) in [5, 5.41) is 30.8. The van der Waals surface area contributed by atoms with Crippen LogP contribution in [0.4, 0.5) is 28.9 Å². The fraction of sp³-hybridized carbons (Fsp3) is 0.261. The van der Waals surface area contributed by atoms with Gasteiger partial charge in [0.05, 0.1) is 40.6 Å². The predicted octanol–water partition coefficient (Wildman–Crippen LogP) is 4.72. The van der Waals surface area contributed by atoms with Gasteiger partial charge in [0, 0.05) is 23.7 Å². The zero-order valence-electron chi connectivity index (χ0n) is 19.6. The van der Waals surface area contributed by atoms with Gasteiger partial charge in [0.15, 0.2) is 0 Å². The first-order valence-electron chi connectivity index (χ1n) is 10.8. The molecule has 192 valence electrons. The maximum Gasteiger partial charge on any atom is 0.421 e. The first-order valence-corrected chi connectivity index (χ1v) is 10.8. The normalized spacial score (nSPS) is 17.5. The summed E-state index contributed by atoms with van der Waals surface area (Å²) in [6.07, 6.45) is -3.82. The van der Waals surface area contributed by atoms with E-state index in [1.54, 1.807) is 13.0 Å². The number of fused-ring (bicyclic) bond motifs is 1. The van der Waals surface area contributed by atoms with Gasteiger partial charge in [0.2, 0.25) is 11.6 Å². The molecule has 1 aliphatic heterocycles. The van der Waals surface area contributed by atoms with Gasteiger partial charge < -0.3 is 15.4 Å². The van der Waals surface area contributed by atoms with Gasteiger partial charge in [0.1, 0.15) is 17.1 Å². The second-order valence-corrected chi connectivity index (χ2v) is 8.16. The molecule has 14 heteroatoms. The minimum Gasteiger partial charge on any atom is -0.494 e. The largest absolute Gasteiger partial charge is 0.494 e. The molecule has 0 fully saturated rings. The minimum absolute atomic E-state index is 0.0872. The van der Waals surface area contributed by atoms with E-state index in [4.69, 9.17) is 4.74 Å². The van der Waals surface area contributed by atoms with Crippen molar-refractivity contribution in [1.29, 1.82) is 5.26 Å². The van der Waals surface area contributed by atoms with Gasteiger partial charge >= 0.3 is 11.9 Å². The van der Waals surface area contributed by atoms with Crippen LogP contribution in [0.15, 0.2) is 40.9 Å². The Balaban J connectivity index is 1.85. The number of nitro groups is 1. The van der Waals surface area contributed by atoms with Crippen LogP contribution in [-0.4, -0.2) is 40.0 Å². The highest BCUT2D eigenvalue weighted by Gasteiger charge is 2.42. The van der Waals surface area contributed by atoms with E-state index in [1.807, 2.05) is 6.07 Å². The summed E-state index contributed by atoms with van der Waals surface area (Å²) >= 11 is 0. The van der Waals surface area contributed by atoms with Crippen molar-refractivity contribution in [2.75, 3.05) is 12.4 Å². The highest BCUT2D eigenvalue weighted by molar-refractivity contribution is 5.93. The van der Waals surface area contributed by atoms with Crippen LogP contribution in [0.2, 0.25) is 0 Å². The number of halogens is 4.